The summed E-state index contributed by atoms with van der Waals surface area (Å²) in [6.07, 6.45) is 5.10. The van der Waals surface area contributed by atoms with Gasteiger partial charge in [-0.3, -0.25) is 4.79 Å². The molecule has 1 saturated heterocycles. The average molecular weight is 267 g/mol. The Kier molecular flexibility index (Phi) is 3.09. The topological polar surface area (TPSA) is 77.2 Å². The van der Waals surface area contributed by atoms with Gasteiger partial charge >= 0.3 is 0 Å². The molecule has 2 aliphatic rings. The number of amides is 1. The van der Waals surface area contributed by atoms with Gasteiger partial charge in [0.15, 0.2) is 5.13 Å². The van der Waals surface area contributed by atoms with Crippen LogP contribution in [0.15, 0.2) is 0 Å². The molecule has 1 aliphatic carbocycles. The van der Waals surface area contributed by atoms with Crippen LogP contribution < -0.4 is 11.1 Å². The summed E-state index contributed by atoms with van der Waals surface area (Å²) in [5, 5.41) is 3.53. The highest BCUT2D eigenvalue weighted by Crippen LogP contribution is 2.30. The van der Waals surface area contributed by atoms with E-state index in [-0.39, 0.29) is 5.91 Å². The van der Waals surface area contributed by atoms with Gasteiger partial charge in [-0.15, -0.1) is 11.3 Å². The molecule has 5 nitrogen and oxygen atoms in total. The van der Waals surface area contributed by atoms with Gasteiger partial charge in [-0.05, 0) is 32.1 Å². The zero-order valence-electron chi connectivity index (χ0n) is 10.2. The maximum absolute atomic E-state index is 12.1. The molecule has 0 saturated carbocycles. The lowest BCUT2D eigenvalue weighted by Gasteiger charge is -2.19. The van der Waals surface area contributed by atoms with E-state index in [0.29, 0.717) is 24.8 Å². The molecule has 0 spiro atoms. The van der Waals surface area contributed by atoms with Gasteiger partial charge in [-0.1, -0.05) is 0 Å². The number of thiazole rings is 1. The standard InChI is InChI=1S/C12H17N3O2S/c13-12(5-6-17-7-12)10(16)15-11-14-8-3-1-2-4-9(8)18-11/h1-7,13H2,(H,14,15,16). The van der Waals surface area contributed by atoms with Crippen LogP contribution in [0.4, 0.5) is 5.13 Å². The molecule has 1 amide bonds. The second-order valence-corrected chi connectivity index (χ2v) is 6.09. The van der Waals surface area contributed by atoms with E-state index in [4.69, 9.17) is 10.5 Å². The van der Waals surface area contributed by atoms with E-state index in [0.717, 1.165) is 18.5 Å². The number of carbonyl (C=O) groups is 1. The van der Waals surface area contributed by atoms with E-state index >= 15 is 0 Å². The number of hydrogen-bond acceptors (Lipinski definition) is 5. The number of nitrogens with zero attached hydrogens (tertiary/aromatic N) is 1. The lowest BCUT2D eigenvalue weighted by atomic mass is 10.00. The first-order chi connectivity index (χ1) is 8.67. The second-order valence-electron chi connectivity index (χ2n) is 5.01. The fraction of sp³-hybridized carbons (Fsp3) is 0.667. The van der Waals surface area contributed by atoms with Crippen molar-refractivity contribution in [2.45, 2.75) is 37.6 Å². The normalized spacial score (nSPS) is 26.9. The molecule has 18 heavy (non-hydrogen) atoms. The van der Waals surface area contributed by atoms with E-state index in [2.05, 4.69) is 10.3 Å². The van der Waals surface area contributed by atoms with Crippen molar-refractivity contribution in [2.24, 2.45) is 5.73 Å². The van der Waals surface area contributed by atoms with E-state index in [9.17, 15) is 4.79 Å². The van der Waals surface area contributed by atoms with Crippen LogP contribution in [0.1, 0.15) is 29.8 Å². The summed E-state index contributed by atoms with van der Waals surface area (Å²) in [6.45, 7) is 0.849. The van der Waals surface area contributed by atoms with Crippen molar-refractivity contribution >= 4 is 22.4 Å². The molecule has 0 radical (unpaired) electrons. The minimum Gasteiger partial charge on any atom is -0.379 e. The lowest BCUT2D eigenvalue weighted by Crippen LogP contribution is -2.51. The first kappa shape index (κ1) is 12.1. The summed E-state index contributed by atoms with van der Waals surface area (Å²) in [5.41, 5.74) is 6.28. The van der Waals surface area contributed by atoms with Gasteiger partial charge in [-0.25, -0.2) is 4.98 Å². The average Bonchev–Trinajstić information content (AvgIpc) is 2.95. The Morgan fingerprint density at radius 3 is 3.00 bits per heavy atom. The SMILES string of the molecule is NC1(C(=O)Nc2nc3c(s2)CCCC3)CCOC1. The van der Waals surface area contributed by atoms with Crippen LogP contribution in [-0.2, 0) is 22.4 Å². The molecule has 3 N–H and O–H groups in total. The van der Waals surface area contributed by atoms with Crippen molar-refractivity contribution in [3.8, 4) is 0 Å². The van der Waals surface area contributed by atoms with Gasteiger partial charge in [0.25, 0.3) is 0 Å². The minimum absolute atomic E-state index is 0.175. The van der Waals surface area contributed by atoms with Crippen molar-refractivity contribution in [3.63, 3.8) is 0 Å². The fourth-order valence-electron chi connectivity index (χ4n) is 2.39. The predicted octanol–water partition coefficient (Wildman–Crippen LogP) is 1.08. The maximum atomic E-state index is 12.1. The van der Waals surface area contributed by atoms with E-state index < -0.39 is 5.54 Å². The Balaban J connectivity index is 1.72. The van der Waals surface area contributed by atoms with Crippen molar-refractivity contribution in [1.82, 2.24) is 4.98 Å². The zero-order valence-corrected chi connectivity index (χ0v) is 11.0. The van der Waals surface area contributed by atoms with Gasteiger partial charge in [0.05, 0.1) is 12.3 Å². The molecule has 1 atom stereocenters. The first-order valence-electron chi connectivity index (χ1n) is 6.34. The Bertz CT molecular complexity index is 442. The van der Waals surface area contributed by atoms with Crippen molar-refractivity contribution in [3.05, 3.63) is 10.6 Å². The molecule has 6 heteroatoms. The minimum atomic E-state index is -0.883. The van der Waals surface area contributed by atoms with Crippen LogP contribution in [0.25, 0.3) is 0 Å². The molecular formula is C12H17N3O2S. The number of aryl methyl sites for hydroxylation is 2. The highest BCUT2D eigenvalue weighted by atomic mass is 32.1. The summed E-state index contributed by atoms with van der Waals surface area (Å²) in [7, 11) is 0. The maximum Gasteiger partial charge on any atom is 0.248 e. The van der Waals surface area contributed by atoms with Crippen LogP contribution in [-0.4, -0.2) is 29.6 Å². The van der Waals surface area contributed by atoms with Crippen LogP contribution in [0.2, 0.25) is 0 Å². The van der Waals surface area contributed by atoms with Gasteiger partial charge in [0.1, 0.15) is 5.54 Å². The monoisotopic (exact) mass is 267 g/mol. The zero-order chi connectivity index (χ0) is 12.6. The number of fused-ring (bicyclic) bond motifs is 1. The molecule has 1 unspecified atom stereocenters. The summed E-state index contributed by atoms with van der Waals surface area (Å²) in [4.78, 5) is 17.9. The van der Waals surface area contributed by atoms with Crippen LogP contribution in [0, 0.1) is 0 Å². The third-order valence-corrected chi connectivity index (χ3v) is 4.64. The van der Waals surface area contributed by atoms with Crippen LogP contribution in [0.5, 0.6) is 0 Å². The number of aromatic nitrogens is 1. The highest BCUT2D eigenvalue weighted by Gasteiger charge is 2.38. The number of ether oxygens (including phenoxy) is 1. The predicted molar refractivity (Wildman–Crippen MR) is 69.7 cm³/mol. The molecule has 1 aromatic rings. The van der Waals surface area contributed by atoms with E-state index in [1.165, 1.54) is 17.7 Å². The fourth-order valence-corrected chi connectivity index (χ4v) is 3.43. The number of anilines is 1. The Morgan fingerprint density at radius 2 is 2.28 bits per heavy atom. The van der Waals surface area contributed by atoms with Crippen molar-refractivity contribution < 1.29 is 9.53 Å². The smallest absolute Gasteiger partial charge is 0.248 e. The van der Waals surface area contributed by atoms with Gasteiger partial charge in [0, 0.05) is 11.5 Å². The summed E-state index contributed by atoms with van der Waals surface area (Å²) >= 11 is 1.58. The molecule has 0 aromatic carbocycles. The Hall–Kier alpha value is -0.980. The van der Waals surface area contributed by atoms with Gasteiger partial charge in [-0.2, -0.15) is 0 Å². The lowest BCUT2D eigenvalue weighted by molar-refractivity contribution is -0.121. The van der Waals surface area contributed by atoms with Crippen LogP contribution >= 0.6 is 11.3 Å². The number of hydrogen-bond donors (Lipinski definition) is 2. The highest BCUT2D eigenvalue weighted by molar-refractivity contribution is 7.15. The molecule has 2 heterocycles. The molecule has 0 bridgehead atoms. The molecule has 1 aromatic heterocycles. The van der Waals surface area contributed by atoms with E-state index in [1.807, 2.05) is 0 Å². The van der Waals surface area contributed by atoms with Crippen molar-refractivity contribution in [1.29, 1.82) is 0 Å². The second kappa shape index (κ2) is 4.60. The first-order valence-corrected chi connectivity index (χ1v) is 7.16. The molecule has 1 aliphatic heterocycles. The quantitative estimate of drug-likeness (QED) is 0.840. The van der Waals surface area contributed by atoms with Gasteiger partial charge in [0.2, 0.25) is 5.91 Å². The number of carbonyl (C=O) groups excluding carboxylic acids is 1. The third-order valence-electron chi connectivity index (χ3n) is 3.57. The Labute approximate surface area is 110 Å². The van der Waals surface area contributed by atoms with Gasteiger partial charge < -0.3 is 15.8 Å². The third kappa shape index (κ3) is 2.15. The summed E-state index contributed by atoms with van der Waals surface area (Å²) in [5.74, 6) is -0.175. The molecular weight excluding hydrogens is 250 g/mol. The largest absolute Gasteiger partial charge is 0.379 e. The molecule has 1 fully saturated rings. The molecule has 3 rings (SSSR count). The summed E-state index contributed by atoms with van der Waals surface area (Å²) in [6, 6.07) is 0. The number of nitrogens with one attached hydrogen (secondary N) is 1. The van der Waals surface area contributed by atoms with Crippen molar-refractivity contribution in [2.75, 3.05) is 18.5 Å². The molecule has 98 valence electrons. The van der Waals surface area contributed by atoms with E-state index in [1.54, 1.807) is 11.3 Å². The Morgan fingerprint density at radius 1 is 1.44 bits per heavy atom. The van der Waals surface area contributed by atoms with Crippen LogP contribution in [0.3, 0.4) is 0 Å². The number of nitrogens with two attached hydrogens (primary N) is 1. The summed E-state index contributed by atoms with van der Waals surface area (Å²) < 4.78 is 5.20. The number of rotatable bonds is 2.